The van der Waals surface area contributed by atoms with Gasteiger partial charge in [-0.05, 0) is 42.5 Å². The summed E-state index contributed by atoms with van der Waals surface area (Å²) in [5, 5.41) is 13.0. The van der Waals surface area contributed by atoms with E-state index in [9.17, 15) is 9.90 Å². The molecule has 0 unspecified atom stereocenters. The number of rotatable bonds is 4. The minimum atomic E-state index is -0.0221. The second-order valence-corrected chi connectivity index (χ2v) is 5.82. The molecular weight excluding hydrogens is 332 g/mol. The molecule has 0 fully saturated rings. The number of nitrogens with one attached hydrogen (secondary N) is 1. The Kier molecular flexibility index (Phi) is 4.85. The minimum absolute atomic E-state index is 0.0221. The van der Waals surface area contributed by atoms with Gasteiger partial charge in [-0.1, -0.05) is 15.9 Å². The molecule has 110 valence electrons. The van der Waals surface area contributed by atoms with E-state index >= 15 is 0 Å². The molecule has 0 radical (unpaired) electrons. The SMILES string of the molecule is CN(C)C(=O)c1ccc(NCc2cc(Br)ccc2O)cc1. The Hall–Kier alpha value is -2.01. The summed E-state index contributed by atoms with van der Waals surface area (Å²) in [6.07, 6.45) is 0. The molecule has 0 bridgehead atoms. The highest BCUT2D eigenvalue weighted by Crippen LogP contribution is 2.23. The largest absolute Gasteiger partial charge is 0.508 e. The smallest absolute Gasteiger partial charge is 0.253 e. The van der Waals surface area contributed by atoms with Gasteiger partial charge in [-0.2, -0.15) is 0 Å². The molecule has 2 rings (SSSR count). The average Bonchev–Trinajstić information content (AvgIpc) is 2.48. The molecule has 0 aliphatic carbocycles. The number of aromatic hydroxyl groups is 1. The van der Waals surface area contributed by atoms with Crippen LogP contribution in [0.1, 0.15) is 15.9 Å². The highest BCUT2D eigenvalue weighted by Gasteiger charge is 2.07. The highest BCUT2D eigenvalue weighted by molar-refractivity contribution is 9.10. The summed E-state index contributed by atoms with van der Waals surface area (Å²) in [6, 6.07) is 12.6. The molecular formula is C16H17BrN2O2. The second kappa shape index (κ2) is 6.63. The zero-order valence-corrected chi connectivity index (χ0v) is 13.5. The molecule has 0 aliphatic rings. The predicted octanol–water partition coefficient (Wildman–Crippen LogP) is 3.47. The van der Waals surface area contributed by atoms with E-state index in [4.69, 9.17) is 0 Å². The third-order valence-electron chi connectivity index (χ3n) is 3.06. The van der Waals surface area contributed by atoms with Crippen molar-refractivity contribution < 1.29 is 9.90 Å². The molecule has 2 aromatic carbocycles. The highest BCUT2D eigenvalue weighted by atomic mass is 79.9. The van der Waals surface area contributed by atoms with Gasteiger partial charge in [-0.15, -0.1) is 0 Å². The van der Waals surface area contributed by atoms with Gasteiger partial charge in [0.05, 0.1) is 0 Å². The van der Waals surface area contributed by atoms with Gasteiger partial charge in [0.15, 0.2) is 0 Å². The van der Waals surface area contributed by atoms with E-state index in [1.54, 1.807) is 43.3 Å². The molecule has 0 atom stereocenters. The molecule has 0 heterocycles. The van der Waals surface area contributed by atoms with Crippen LogP contribution in [0.3, 0.4) is 0 Å². The van der Waals surface area contributed by atoms with Crippen molar-refractivity contribution in [2.45, 2.75) is 6.54 Å². The first-order chi connectivity index (χ1) is 9.97. The number of hydrogen-bond donors (Lipinski definition) is 2. The number of amides is 1. The molecule has 0 aromatic heterocycles. The fraction of sp³-hybridized carbons (Fsp3) is 0.188. The summed E-state index contributed by atoms with van der Waals surface area (Å²) in [5.41, 5.74) is 2.35. The standard InChI is InChI=1S/C16H17BrN2O2/c1-19(2)16(21)11-3-6-14(7-4-11)18-10-12-9-13(17)5-8-15(12)20/h3-9,18,20H,10H2,1-2H3. The Morgan fingerprint density at radius 1 is 1.19 bits per heavy atom. The first-order valence-electron chi connectivity index (χ1n) is 6.50. The number of nitrogens with zero attached hydrogens (tertiary/aromatic N) is 1. The Labute approximate surface area is 132 Å². The Morgan fingerprint density at radius 2 is 1.86 bits per heavy atom. The number of benzene rings is 2. The summed E-state index contributed by atoms with van der Waals surface area (Å²) in [4.78, 5) is 13.3. The van der Waals surface area contributed by atoms with Gasteiger partial charge in [0, 0.05) is 41.9 Å². The van der Waals surface area contributed by atoms with Crippen molar-refractivity contribution in [1.82, 2.24) is 4.90 Å². The summed E-state index contributed by atoms with van der Waals surface area (Å²) in [5.74, 6) is 0.233. The Bertz CT molecular complexity index is 639. The Morgan fingerprint density at radius 3 is 2.48 bits per heavy atom. The predicted molar refractivity (Wildman–Crippen MR) is 87.6 cm³/mol. The van der Waals surface area contributed by atoms with Crippen LogP contribution in [0.15, 0.2) is 46.9 Å². The molecule has 2 N–H and O–H groups in total. The first-order valence-corrected chi connectivity index (χ1v) is 7.29. The van der Waals surface area contributed by atoms with E-state index in [0.717, 1.165) is 15.7 Å². The molecule has 0 aliphatic heterocycles. The number of anilines is 1. The van der Waals surface area contributed by atoms with Gasteiger partial charge in [-0.3, -0.25) is 4.79 Å². The fourth-order valence-electron chi connectivity index (χ4n) is 1.88. The average molecular weight is 349 g/mol. The molecule has 0 saturated carbocycles. The van der Waals surface area contributed by atoms with Crippen LogP contribution in [0.25, 0.3) is 0 Å². The number of carbonyl (C=O) groups is 1. The second-order valence-electron chi connectivity index (χ2n) is 4.90. The van der Waals surface area contributed by atoms with Gasteiger partial charge < -0.3 is 15.3 Å². The van der Waals surface area contributed by atoms with E-state index in [-0.39, 0.29) is 11.7 Å². The van der Waals surface area contributed by atoms with Gasteiger partial charge in [0.1, 0.15) is 5.75 Å². The van der Waals surface area contributed by atoms with E-state index in [2.05, 4.69) is 21.2 Å². The number of halogens is 1. The number of phenolic OH excluding ortho intramolecular Hbond substituents is 1. The van der Waals surface area contributed by atoms with Gasteiger partial charge in [0.25, 0.3) is 5.91 Å². The quantitative estimate of drug-likeness (QED) is 0.889. The third kappa shape index (κ3) is 3.98. The first kappa shape index (κ1) is 15.4. The van der Waals surface area contributed by atoms with Crippen LogP contribution in [0.2, 0.25) is 0 Å². The zero-order valence-electron chi connectivity index (χ0n) is 11.9. The summed E-state index contributed by atoms with van der Waals surface area (Å²) in [7, 11) is 3.45. The summed E-state index contributed by atoms with van der Waals surface area (Å²) in [6.45, 7) is 0.506. The van der Waals surface area contributed by atoms with Gasteiger partial charge in [0.2, 0.25) is 0 Å². The Balaban J connectivity index is 2.04. The van der Waals surface area contributed by atoms with E-state index in [0.29, 0.717) is 12.1 Å². The minimum Gasteiger partial charge on any atom is -0.508 e. The van der Waals surface area contributed by atoms with Crippen molar-refractivity contribution in [2.75, 3.05) is 19.4 Å². The normalized spacial score (nSPS) is 10.2. The molecule has 1 amide bonds. The van der Waals surface area contributed by atoms with Crippen LogP contribution in [-0.4, -0.2) is 30.0 Å². The van der Waals surface area contributed by atoms with Crippen molar-refractivity contribution in [3.8, 4) is 5.75 Å². The zero-order chi connectivity index (χ0) is 15.4. The maximum atomic E-state index is 11.8. The van der Waals surface area contributed by atoms with Crippen LogP contribution >= 0.6 is 15.9 Å². The van der Waals surface area contributed by atoms with Gasteiger partial charge in [-0.25, -0.2) is 0 Å². The molecule has 2 aromatic rings. The van der Waals surface area contributed by atoms with Crippen LogP contribution in [0.5, 0.6) is 5.75 Å². The molecule has 0 spiro atoms. The molecule has 5 heteroatoms. The fourth-order valence-corrected chi connectivity index (χ4v) is 2.29. The monoisotopic (exact) mass is 348 g/mol. The van der Waals surface area contributed by atoms with E-state index in [1.807, 2.05) is 18.2 Å². The van der Waals surface area contributed by atoms with Crippen molar-refractivity contribution in [3.63, 3.8) is 0 Å². The van der Waals surface area contributed by atoms with Crippen molar-refractivity contribution >= 4 is 27.5 Å². The van der Waals surface area contributed by atoms with Crippen molar-refractivity contribution in [2.24, 2.45) is 0 Å². The van der Waals surface area contributed by atoms with E-state index < -0.39 is 0 Å². The third-order valence-corrected chi connectivity index (χ3v) is 3.56. The van der Waals surface area contributed by atoms with Crippen LogP contribution in [0.4, 0.5) is 5.69 Å². The lowest BCUT2D eigenvalue weighted by Crippen LogP contribution is -2.21. The molecule has 21 heavy (non-hydrogen) atoms. The van der Waals surface area contributed by atoms with Gasteiger partial charge >= 0.3 is 0 Å². The van der Waals surface area contributed by atoms with Crippen LogP contribution in [-0.2, 0) is 6.54 Å². The maximum Gasteiger partial charge on any atom is 0.253 e. The van der Waals surface area contributed by atoms with Crippen LogP contribution in [0, 0.1) is 0 Å². The number of hydrogen-bond acceptors (Lipinski definition) is 3. The van der Waals surface area contributed by atoms with Crippen LogP contribution < -0.4 is 5.32 Å². The lowest BCUT2D eigenvalue weighted by molar-refractivity contribution is 0.0827. The molecule has 4 nitrogen and oxygen atoms in total. The number of carbonyl (C=O) groups excluding carboxylic acids is 1. The van der Waals surface area contributed by atoms with Crippen molar-refractivity contribution in [3.05, 3.63) is 58.1 Å². The summed E-state index contributed by atoms with van der Waals surface area (Å²) < 4.78 is 0.920. The van der Waals surface area contributed by atoms with E-state index in [1.165, 1.54) is 0 Å². The topological polar surface area (TPSA) is 52.6 Å². The lowest BCUT2D eigenvalue weighted by Gasteiger charge is -2.12. The lowest BCUT2D eigenvalue weighted by atomic mass is 10.1. The maximum absolute atomic E-state index is 11.8. The van der Waals surface area contributed by atoms with Crippen molar-refractivity contribution in [1.29, 1.82) is 0 Å². The molecule has 0 saturated heterocycles. The number of phenols is 1. The summed E-state index contributed by atoms with van der Waals surface area (Å²) >= 11 is 3.38.